The molecule has 2 aliphatic rings. The quantitative estimate of drug-likeness (QED) is 0.538. The van der Waals surface area contributed by atoms with Crippen molar-refractivity contribution in [2.75, 3.05) is 30.3 Å². The van der Waals surface area contributed by atoms with Gasteiger partial charge in [0.1, 0.15) is 5.82 Å². The topological polar surface area (TPSA) is 123 Å². The summed E-state index contributed by atoms with van der Waals surface area (Å²) in [6, 6.07) is 1.83. The van der Waals surface area contributed by atoms with Crippen LogP contribution in [-0.4, -0.2) is 51.9 Å². The van der Waals surface area contributed by atoms with E-state index in [1.165, 1.54) is 11.8 Å². The van der Waals surface area contributed by atoms with Gasteiger partial charge in [-0.1, -0.05) is 11.6 Å². The normalized spacial score (nSPS) is 22.1. The molecule has 0 aliphatic carbocycles. The Morgan fingerprint density at radius 2 is 2.03 bits per heavy atom. The van der Waals surface area contributed by atoms with Crippen molar-refractivity contribution >= 4 is 61.9 Å². The summed E-state index contributed by atoms with van der Waals surface area (Å²) in [5.74, 6) is 0.265. The van der Waals surface area contributed by atoms with Crippen molar-refractivity contribution in [1.82, 2.24) is 15.0 Å². The molecule has 5 N–H and O–H groups in total. The summed E-state index contributed by atoms with van der Waals surface area (Å²) in [6.45, 7) is 4.26. The number of halogens is 1. The number of anilines is 2. The lowest BCUT2D eigenvalue weighted by Gasteiger charge is -2.42. The molecule has 2 fully saturated rings. The largest absolute Gasteiger partial charge is 0.390 e. The Kier molecular flexibility index (Phi) is 9.15. The van der Waals surface area contributed by atoms with E-state index in [9.17, 15) is 5.11 Å². The van der Waals surface area contributed by atoms with E-state index in [1.807, 2.05) is 6.92 Å². The fourth-order valence-corrected chi connectivity index (χ4v) is 5.12. The van der Waals surface area contributed by atoms with Gasteiger partial charge in [-0.25, -0.2) is 15.0 Å². The number of ether oxygens (including phenoxy) is 1. The first-order valence-corrected chi connectivity index (χ1v) is 10.8. The van der Waals surface area contributed by atoms with Crippen molar-refractivity contribution < 1.29 is 9.84 Å². The molecule has 1 spiro atoms. The van der Waals surface area contributed by atoms with Crippen molar-refractivity contribution in [2.45, 2.75) is 48.6 Å². The summed E-state index contributed by atoms with van der Waals surface area (Å²) < 4.78 is 5.80. The van der Waals surface area contributed by atoms with Crippen molar-refractivity contribution in [3.63, 3.8) is 0 Å². The highest BCUT2D eigenvalue weighted by Crippen LogP contribution is 2.42. The summed E-state index contributed by atoms with van der Waals surface area (Å²) in [5, 5.41) is 10.8. The third kappa shape index (κ3) is 5.18. The highest BCUT2D eigenvalue weighted by molar-refractivity contribution is 7.99. The minimum absolute atomic E-state index is 0. The number of hydrogen-bond donors (Lipinski definition) is 3. The Hall–Kier alpha value is -0.950. The van der Waals surface area contributed by atoms with E-state index in [0.29, 0.717) is 15.9 Å². The summed E-state index contributed by atoms with van der Waals surface area (Å²) >= 11 is 7.50. The Labute approximate surface area is 205 Å². The number of nitrogens with two attached hydrogens (primary N) is 2. The van der Waals surface area contributed by atoms with Crippen LogP contribution in [0.2, 0.25) is 5.02 Å². The Balaban J connectivity index is 0.00000171. The Morgan fingerprint density at radius 1 is 1.32 bits per heavy atom. The van der Waals surface area contributed by atoms with E-state index in [1.54, 1.807) is 18.5 Å². The van der Waals surface area contributed by atoms with Crippen LogP contribution in [0.15, 0.2) is 28.5 Å². The van der Waals surface area contributed by atoms with Gasteiger partial charge >= 0.3 is 0 Å². The lowest BCUT2D eigenvalue weighted by atomic mass is 9.73. The third-order valence-corrected chi connectivity index (χ3v) is 7.45. The first-order chi connectivity index (χ1) is 13.9. The second-order valence-electron chi connectivity index (χ2n) is 7.64. The first-order valence-electron chi connectivity index (χ1n) is 9.60. The summed E-state index contributed by atoms with van der Waals surface area (Å²) in [4.78, 5) is 15.9. The zero-order valence-corrected chi connectivity index (χ0v) is 20.8. The van der Waals surface area contributed by atoms with Gasteiger partial charge < -0.3 is 26.2 Å². The number of hydrogen-bond acceptors (Lipinski definition) is 9. The van der Waals surface area contributed by atoms with Crippen LogP contribution >= 0.6 is 50.4 Å². The molecule has 12 heteroatoms. The van der Waals surface area contributed by atoms with Crippen molar-refractivity contribution in [2.24, 2.45) is 11.1 Å². The van der Waals surface area contributed by atoms with E-state index in [2.05, 4.69) is 19.9 Å². The third-order valence-electron chi connectivity index (χ3n) is 6.00. The molecule has 172 valence electrons. The molecule has 2 aromatic heterocycles. The van der Waals surface area contributed by atoms with Gasteiger partial charge in [0.15, 0.2) is 5.16 Å². The molecule has 4 heterocycles. The first kappa shape index (κ1) is 26.3. The molecule has 8 nitrogen and oxygen atoms in total. The summed E-state index contributed by atoms with van der Waals surface area (Å²) in [7, 11) is 0. The molecule has 0 bridgehead atoms. The van der Waals surface area contributed by atoms with Crippen LogP contribution in [0.5, 0.6) is 0 Å². The monoisotopic (exact) mass is 504 g/mol. The molecule has 0 radical (unpaired) electrons. The number of piperidine rings is 1. The standard InChI is InChI=1S/C19H25ClN6O2S.2H2S/c1-11-16(21)19(10-28-11)3-6-26(7-4-19)13-8-24-18(25-12(13)9-27)29-14-2-5-23-17(22)15(14)20;;/h2,5,8,11,16,27H,3-4,6-7,9-10,21H2,1H3,(H2,22,23);2*1H2/t11-,16+;;/m0../s1. The molecule has 2 aromatic rings. The van der Waals surface area contributed by atoms with Crippen molar-refractivity contribution in [3.8, 4) is 0 Å². The predicted molar refractivity (Wildman–Crippen MR) is 134 cm³/mol. The molecule has 2 saturated heterocycles. The van der Waals surface area contributed by atoms with E-state index in [0.717, 1.165) is 43.1 Å². The summed E-state index contributed by atoms with van der Waals surface area (Å²) in [5.41, 5.74) is 13.7. The van der Waals surface area contributed by atoms with E-state index < -0.39 is 0 Å². The van der Waals surface area contributed by atoms with E-state index >= 15 is 0 Å². The molecular formula is C19H29ClN6O2S3. The smallest absolute Gasteiger partial charge is 0.192 e. The average Bonchev–Trinajstić information content (AvgIpc) is 3.01. The fraction of sp³-hybridized carbons (Fsp3) is 0.526. The Morgan fingerprint density at radius 3 is 2.65 bits per heavy atom. The lowest BCUT2D eigenvalue weighted by molar-refractivity contribution is 0.0974. The second kappa shape index (κ2) is 10.8. The van der Waals surface area contributed by atoms with Gasteiger partial charge in [-0.05, 0) is 37.6 Å². The number of rotatable bonds is 4. The second-order valence-corrected chi connectivity index (χ2v) is 9.03. The molecule has 0 unspecified atom stereocenters. The average molecular weight is 505 g/mol. The van der Waals surface area contributed by atoms with Gasteiger partial charge in [-0.2, -0.15) is 27.0 Å². The van der Waals surface area contributed by atoms with Crippen molar-refractivity contribution in [1.29, 1.82) is 0 Å². The summed E-state index contributed by atoms with van der Waals surface area (Å²) in [6.07, 6.45) is 5.36. The van der Waals surface area contributed by atoms with Gasteiger partial charge in [0.05, 0.1) is 41.9 Å². The highest BCUT2D eigenvalue weighted by Gasteiger charge is 2.47. The number of nitrogen functional groups attached to an aromatic ring is 1. The molecule has 2 atom stereocenters. The van der Waals surface area contributed by atoms with Crippen LogP contribution in [0.3, 0.4) is 0 Å². The molecule has 0 saturated carbocycles. The lowest BCUT2D eigenvalue weighted by Crippen LogP contribution is -2.50. The number of nitrogens with zero attached hydrogens (tertiary/aromatic N) is 4. The highest BCUT2D eigenvalue weighted by atomic mass is 35.5. The molecular weight excluding hydrogens is 476 g/mol. The fourth-order valence-electron chi connectivity index (χ4n) is 4.11. The number of aliphatic hydroxyl groups excluding tert-OH is 1. The zero-order chi connectivity index (χ0) is 20.6. The van der Waals surface area contributed by atoms with Crippen LogP contribution < -0.4 is 16.4 Å². The SMILES string of the molecule is C[C@@H]1OCC2(CCN(c3cnc(Sc4ccnc(N)c4Cl)nc3CO)CC2)[C@@H]1N.S.S. The van der Waals surface area contributed by atoms with Crippen LogP contribution in [0.4, 0.5) is 11.5 Å². The maximum atomic E-state index is 9.90. The van der Waals surface area contributed by atoms with Crippen LogP contribution in [0.1, 0.15) is 25.5 Å². The maximum Gasteiger partial charge on any atom is 0.192 e. The predicted octanol–water partition coefficient (Wildman–Crippen LogP) is 2.31. The minimum Gasteiger partial charge on any atom is -0.390 e. The zero-order valence-electron chi connectivity index (χ0n) is 17.2. The van der Waals surface area contributed by atoms with Crippen LogP contribution in [0, 0.1) is 5.41 Å². The van der Waals surface area contributed by atoms with Gasteiger partial charge in [0.2, 0.25) is 0 Å². The van der Waals surface area contributed by atoms with Crippen molar-refractivity contribution in [3.05, 3.63) is 29.2 Å². The van der Waals surface area contributed by atoms with Gasteiger partial charge in [-0.3, -0.25) is 0 Å². The maximum absolute atomic E-state index is 9.90. The van der Waals surface area contributed by atoms with Crippen LogP contribution in [-0.2, 0) is 11.3 Å². The molecule has 2 aliphatic heterocycles. The van der Waals surface area contributed by atoms with Gasteiger partial charge in [0, 0.05) is 35.6 Å². The van der Waals surface area contributed by atoms with E-state index in [-0.39, 0.29) is 57.0 Å². The van der Waals surface area contributed by atoms with Crippen LogP contribution in [0.25, 0.3) is 0 Å². The molecule has 0 aromatic carbocycles. The van der Waals surface area contributed by atoms with Gasteiger partial charge in [-0.15, -0.1) is 0 Å². The number of pyridine rings is 1. The number of aromatic nitrogens is 3. The minimum atomic E-state index is -0.168. The van der Waals surface area contributed by atoms with E-state index in [4.69, 9.17) is 27.8 Å². The van der Waals surface area contributed by atoms with Gasteiger partial charge in [0.25, 0.3) is 0 Å². The molecule has 31 heavy (non-hydrogen) atoms. The molecule has 0 amide bonds. The Bertz CT molecular complexity index is 901. The molecule has 4 rings (SSSR count). The number of aliphatic hydroxyl groups is 1.